The van der Waals surface area contributed by atoms with Crippen molar-refractivity contribution in [3.05, 3.63) is 52.7 Å². The van der Waals surface area contributed by atoms with Crippen LogP contribution in [0.4, 0.5) is 5.88 Å². The van der Waals surface area contributed by atoms with Gasteiger partial charge in [0.25, 0.3) is 0 Å². The lowest BCUT2D eigenvalue weighted by Crippen LogP contribution is -2.16. The maximum absolute atomic E-state index is 12.2. The topological polar surface area (TPSA) is 33.5 Å². The number of carbonyl (C=O) groups is 1. The van der Waals surface area contributed by atoms with Crippen molar-refractivity contribution in [1.82, 2.24) is 0 Å². The monoisotopic (exact) mass is 275 g/mol. The van der Waals surface area contributed by atoms with E-state index in [0.29, 0.717) is 16.3 Å². The van der Waals surface area contributed by atoms with E-state index in [0.717, 1.165) is 19.0 Å². The van der Waals surface area contributed by atoms with Gasteiger partial charge in [0.1, 0.15) is 0 Å². The van der Waals surface area contributed by atoms with Crippen molar-refractivity contribution in [1.29, 1.82) is 0 Å². The van der Waals surface area contributed by atoms with Gasteiger partial charge in [0, 0.05) is 29.7 Å². The van der Waals surface area contributed by atoms with Crippen LogP contribution in [0.15, 0.2) is 40.8 Å². The molecule has 0 atom stereocenters. The number of hydrogen-bond acceptors (Lipinski definition) is 3. The molecule has 0 saturated carbocycles. The Morgan fingerprint density at radius 2 is 1.74 bits per heavy atom. The Morgan fingerprint density at radius 1 is 1.05 bits per heavy atom. The van der Waals surface area contributed by atoms with E-state index in [1.54, 1.807) is 30.3 Å². The molecular formula is C15H14ClNO2. The molecule has 1 aromatic carbocycles. The number of ketones is 1. The van der Waals surface area contributed by atoms with Gasteiger partial charge in [-0.3, -0.25) is 4.79 Å². The van der Waals surface area contributed by atoms with Crippen LogP contribution in [0.2, 0.25) is 5.02 Å². The number of rotatable bonds is 3. The highest BCUT2D eigenvalue weighted by atomic mass is 35.5. The van der Waals surface area contributed by atoms with Gasteiger partial charge in [-0.1, -0.05) is 11.6 Å². The number of carbonyl (C=O) groups excluding carboxylic acids is 1. The Morgan fingerprint density at radius 3 is 2.42 bits per heavy atom. The smallest absolute Gasteiger partial charge is 0.228 e. The van der Waals surface area contributed by atoms with Crippen molar-refractivity contribution < 1.29 is 9.21 Å². The van der Waals surface area contributed by atoms with Crippen molar-refractivity contribution >= 4 is 23.3 Å². The van der Waals surface area contributed by atoms with Gasteiger partial charge in [0.2, 0.25) is 5.78 Å². The van der Waals surface area contributed by atoms with Crippen LogP contribution in [0.3, 0.4) is 0 Å². The molecule has 3 rings (SSSR count). The number of nitrogens with zero attached hydrogens (tertiary/aromatic N) is 1. The average Bonchev–Trinajstić information content (AvgIpc) is 3.10. The summed E-state index contributed by atoms with van der Waals surface area (Å²) >= 11 is 5.81. The van der Waals surface area contributed by atoms with Gasteiger partial charge in [-0.05, 0) is 43.2 Å². The van der Waals surface area contributed by atoms with E-state index in [1.165, 1.54) is 12.8 Å². The third-order valence-corrected chi connectivity index (χ3v) is 3.59. The number of halogens is 1. The number of anilines is 1. The lowest BCUT2D eigenvalue weighted by Gasteiger charge is -2.12. The van der Waals surface area contributed by atoms with Crippen LogP contribution in [0.25, 0.3) is 0 Å². The summed E-state index contributed by atoms with van der Waals surface area (Å²) in [6.07, 6.45) is 2.36. The summed E-state index contributed by atoms with van der Waals surface area (Å²) in [6, 6.07) is 10.4. The largest absolute Gasteiger partial charge is 0.437 e. The second kappa shape index (κ2) is 5.10. The predicted octanol–water partition coefficient (Wildman–Crippen LogP) is 3.76. The van der Waals surface area contributed by atoms with Crippen molar-refractivity contribution in [2.45, 2.75) is 12.8 Å². The third-order valence-electron chi connectivity index (χ3n) is 3.34. The second-order valence-corrected chi connectivity index (χ2v) is 5.10. The van der Waals surface area contributed by atoms with E-state index in [-0.39, 0.29) is 5.78 Å². The van der Waals surface area contributed by atoms with E-state index in [4.69, 9.17) is 16.0 Å². The molecule has 3 nitrogen and oxygen atoms in total. The molecule has 1 aliphatic rings. The summed E-state index contributed by atoms with van der Waals surface area (Å²) in [7, 11) is 0. The minimum Gasteiger partial charge on any atom is -0.437 e. The van der Waals surface area contributed by atoms with Crippen LogP contribution in [0, 0.1) is 0 Å². The highest BCUT2D eigenvalue weighted by Gasteiger charge is 2.19. The molecule has 1 fully saturated rings. The molecule has 0 spiro atoms. The average molecular weight is 276 g/mol. The molecule has 1 saturated heterocycles. The fourth-order valence-corrected chi connectivity index (χ4v) is 2.43. The molecule has 0 N–H and O–H groups in total. The predicted molar refractivity (Wildman–Crippen MR) is 75.0 cm³/mol. The summed E-state index contributed by atoms with van der Waals surface area (Å²) in [4.78, 5) is 14.4. The summed E-state index contributed by atoms with van der Waals surface area (Å²) in [5.41, 5.74) is 0.590. The minimum absolute atomic E-state index is 0.109. The van der Waals surface area contributed by atoms with Crippen molar-refractivity contribution in [2.75, 3.05) is 18.0 Å². The van der Waals surface area contributed by atoms with Gasteiger partial charge in [-0.25, -0.2) is 0 Å². The fourth-order valence-electron chi connectivity index (χ4n) is 2.30. The summed E-state index contributed by atoms with van der Waals surface area (Å²) in [5.74, 6) is 1.06. The maximum Gasteiger partial charge on any atom is 0.228 e. The quantitative estimate of drug-likeness (QED) is 0.800. The zero-order valence-electron chi connectivity index (χ0n) is 10.4. The number of hydrogen-bond donors (Lipinski definition) is 0. The lowest BCUT2D eigenvalue weighted by atomic mass is 10.1. The lowest BCUT2D eigenvalue weighted by molar-refractivity contribution is 0.101. The summed E-state index contributed by atoms with van der Waals surface area (Å²) in [6.45, 7) is 2.00. The molecule has 0 radical (unpaired) electrons. The van der Waals surface area contributed by atoms with Crippen molar-refractivity contribution in [3.8, 4) is 0 Å². The molecule has 1 aromatic heterocycles. The Balaban J connectivity index is 1.82. The van der Waals surface area contributed by atoms with E-state index in [2.05, 4.69) is 4.90 Å². The van der Waals surface area contributed by atoms with E-state index >= 15 is 0 Å². The molecule has 2 aromatic rings. The molecule has 0 bridgehead atoms. The number of benzene rings is 1. The first-order chi connectivity index (χ1) is 9.24. The molecule has 19 heavy (non-hydrogen) atoms. The number of furan rings is 1. The molecule has 0 aliphatic carbocycles. The van der Waals surface area contributed by atoms with Crippen LogP contribution in [0.1, 0.15) is 29.0 Å². The van der Waals surface area contributed by atoms with Crippen LogP contribution >= 0.6 is 11.6 Å². The standard InChI is InChI=1S/C15H14ClNO2/c16-12-5-3-11(4-6-12)15(18)13-7-8-14(19-13)17-9-1-2-10-17/h3-8H,1-2,9-10H2. The van der Waals surface area contributed by atoms with Gasteiger partial charge in [0.15, 0.2) is 11.6 Å². The molecule has 0 amide bonds. The first-order valence-electron chi connectivity index (χ1n) is 6.39. The minimum atomic E-state index is -0.109. The third kappa shape index (κ3) is 2.51. The van der Waals surface area contributed by atoms with Gasteiger partial charge < -0.3 is 9.32 Å². The Hall–Kier alpha value is -1.74. The van der Waals surface area contributed by atoms with E-state index in [9.17, 15) is 4.79 Å². The Labute approximate surface area is 116 Å². The summed E-state index contributed by atoms with van der Waals surface area (Å²) < 4.78 is 5.66. The van der Waals surface area contributed by atoms with Crippen LogP contribution < -0.4 is 4.90 Å². The molecule has 2 heterocycles. The molecule has 98 valence electrons. The van der Waals surface area contributed by atoms with E-state index < -0.39 is 0 Å². The van der Waals surface area contributed by atoms with Crippen LogP contribution in [-0.4, -0.2) is 18.9 Å². The molecule has 1 aliphatic heterocycles. The van der Waals surface area contributed by atoms with Crippen LogP contribution in [0.5, 0.6) is 0 Å². The molecule has 4 heteroatoms. The Bertz CT molecular complexity index is 582. The fraction of sp³-hybridized carbons (Fsp3) is 0.267. The van der Waals surface area contributed by atoms with Crippen molar-refractivity contribution in [3.63, 3.8) is 0 Å². The SMILES string of the molecule is O=C(c1ccc(Cl)cc1)c1ccc(N2CCCC2)o1. The highest BCUT2D eigenvalue weighted by molar-refractivity contribution is 6.30. The van der Waals surface area contributed by atoms with Gasteiger partial charge >= 0.3 is 0 Å². The van der Waals surface area contributed by atoms with Gasteiger partial charge in [0.05, 0.1) is 0 Å². The van der Waals surface area contributed by atoms with Gasteiger partial charge in [-0.2, -0.15) is 0 Å². The Kier molecular flexibility index (Phi) is 3.30. The summed E-state index contributed by atoms with van der Waals surface area (Å²) in [5, 5.41) is 0.619. The highest BCUT2D eigenvalue weighted by Crippen LogP contribution is 2.24. The zero-order valence-corrected chi connectivity index (χ0v) is 11.2. The normalized spacial score (nSPS) is 14.9. The van der Waals surface area contributed by atoms with Gasteiger partial charge in [-0.15, -0.1) is 0 Å². The molecule has 0 unspecified atom stereocenters. The first-order valence-corrected chi connectivity index (χ1v) is 6.77. The second-order valence-electron chi connectivity index (χ2n) is 4.67. The maximum atomic E-state index is 12.2. The van der Waals surface area contributed by atoms with E-state index in [1.807, 2.05) is 6.07 Å². The van der Waals surface area contributed by atoms with Crippen LogP contribution in [-0.2, 0) is 0 Å². The van der Waals surface area contributed by atoms with Crippen molar-refractivity contribution in [2.24, 2.45) is 0 Å². The first kappa shape index (κ1) is 12.3. The molecular weight excluding hydrogens is 262 g/mol. The zero-order chi connectivity index (χ0) is 13.2.